The van der Waals surface area contributed by atoms with Crippen molar-refractivity contribution in [3.63, 3.8) is 0 Å². The van der Waals surface area contributed by atoms with Gasteiger partial charge in [-0.05, 0) is 81.6 Å². The number of piperazine rings is 1. The Hall–Kier alpha value is -3.19. The molecule has 4 heterocycles. The lowest BCUT2D eigenvalue weighted by Gasteiger charge is -2.36. The number of likely N-dealkylation sites (tertiary alicyclic amines) is 1. The number of nitrogens with zero attached hydrogens (tertiary/aromatic N) is 5. The molecule has 0 bridgehead atoms. The van der Waals surface area contributed by atoms with Crippen LogP contribution in [0.5, 0.6) is 0 Å². The lowest BCUT2D eigenvalue weighted by Crippen LogP contribution is -2.49. The molecule has 7 heteroatoms. The summed E-state index contributed by atoms with van der Waals surface area (Å²) in [7, 11) is 0. The molecule has 0 radical (unpaired) electrons. The quantitative estimate of drug-likeness (QED) is 0.508. The van der Waals surface area contributed by atoms with Crippen LogP contribution < -0.4 is 4.90 Å². The van der Waals surface area contributed by atoms with Crippen LogP contribution in [0.25, 0.3) is 16.6 Å². The zero-order valence-corrected chi connectivity index (χ0v) is 22.0. The Morgan fingerprint density at radius 1 is 1.00 bits per heavy atom. The summed E-state index contributed by atoms with van der Waals surface area (Å²) in [4.78, 5) is 19.6. The average molecular weight is 499 g/mol. The zero-order chi connectivity index (χ0) is 25.5. The molecule has 1 saturated carbocycles. The van der Waals surface area contributed by atoms with Gasteiger partial charge in [0.25, 0.3) is 0 Å². The molecule has 1 aliphatic carbocycles. The number of hydrogen-bond donors (Lipinski definition) is 1. The van der Waals surface area contributed by atoms with Crippen LogP contribution in [0.3, 0.4) is 0 Å². The van der Waals surface area contributed by atoms with E-state index >= 15 is 0 Å². The summed E-state index contributed by atoms with van der Waals surface area (Å²) >= 11 is 0. The second kappa shape index (κ2) is 9.93. The molecule has 0 unspecified atom stereocenters. The minimum absolute atomic E-state index is 0.0455. The van der Waals surface area contributed by atoms with Crippen LogP contribution in [-0.2, 0) is 4.79 Å². The highest BCUT2D eigenvalue weighted by Crippen LogP contribution is 2.38. The van der Waals surface area contributed by atoms with E-state index in [0.717, 1.165) is 38.1 Å². The lowest BCUT2D eigenvalue weighted by molar-refractivity contribution is -0.133. The summed E-state index contributed by atoms with van der Waals surface area (Å²) in [6.07, 6.45) is 8.75. The normalized spacial score (nSPS) is 23.1. The molecule has 194 valence electrons. The molecule has 2 atom stereocenters. The highest BCUT2D eigenvalue weighted by Gasteiger charge is 2.44. The van der Waals surface area contributed by atoms with E-state index in [1.54, 1.807) is 0 Å². The molecule has 3 aliphatic rings. The second-order valence-corrected chi connectivity index (χ2v) is 11.3. The van der Waals surface area contributed by atoms with E-state index in [-0.39, 0.29) is 17.7 Å². The van der Waals surface area contributed by atoms with E-state index in [1.165, 1.54) is 54.5 Å². The van der Waals surface area contributed by atoms with E-state index in [9.17, 15) is 4.79 Å². The Balaban J connectivity index is 1.14. The van der Waals surface area contributed by atoms with Gasteiger partial charge in [0.15, 0.2) is 0 Å². The van der Waals surface area contributed by atoms with Gasteiger partial charge in [-0.25, -0.2) is 4.52 Å². The first-order valence-corrected chi connectivity index (χ1v) is 13.9. The molecule has 1 aromatic carbocycles. The summed E-state index contributed by atoms with van der Waals surface area (Å²) in [5.74, 6) is 1.10. The van der Waals surface area contributed by atoms with Crippen LogP contribution >= 0.6 is 0 Å². The van der Waals surface area contributed by atoms with Gasteiger partial charge < -0.3 is 20.1 Å². The standard InChI is InChI=1S/C30H38N6O/c1-21(2)33-11-8-24(9-12-33)22-3-5-23(6-4-22)26-18-29-28(7-10-32-36(29)20-26)34-13-15-35(16-14-34)30(37)27-17-25(27)19-31/h3-7,10,18-21,24-25,27,31H,8-9,11-17H2,1-2H3/t25-,27+/m1/s1. The van der Waals surface area contributed by atoms with Gasteiger partial charge in [-0.3, -0.25) is 4.79 Å². The van der Waals surface area contributed by atoms with Gasteiger partial charge in [0.2, 0.25) is 5.91 Å². The maximum atomic E-state index is 12.7. The zero-order valence-electron chi connectivity index (χ0n) is 22.0. The fourth-order valence-electron chi connectivity index (χ4n) is 6.21. The van der Waals surface area contributed by atoms with E-state index < -0.39 is 0 Å². The highest BCUT2D eigenvalue weighted by atomic mass is 16.2. The van der Waals surface area contributed by atoms with Crippen molar-refractivity contribution in [2.45, 2.75) is 45.1 Å². The van der Waals surface area contributed by atoms with Crippen LogP contribution in [0.2, 0.25) is 0 Å². The van der Waals surface area contributed by atoms with Crippen molar-refractivity contribution in [3.8, 4) is 11.1 Å². The minimum Gasteiger partial charge on any atom is -0.366 e. The van der Waals surface area contributed by atoms with Crippen molar-refractivity contribution in [1.29, 1.82) is 5.41 Å². The Morgan fingerprint density at radius 3 is 2.38 bits per heavy atom. The van der Waals surface area contributed by atoms with Gasteiger partial charge in [0.1, 0.15) is 0 Å². The molecular weight excluding hydrogens is 460 g/mol. The van der Waals surface area contributed by atoms with Crippen LogP contribution in [0, 0.1) is 17.2 Å². The highest BCUT2D eigenvalue weighted by molar-refractivity contribution is 5.87. The van der Waals surface area contributed by atoms with Crippen molar-refractivity contribution < 1.29 is 4.79 Å². The Kier molecular flexibility index (Phi) is 6.49. The summed E-state index contributed by atoms with van der Waals surface area (Å²) in [5.41, 5.74) is 6.14. The number of fused-ring (bicyclic) bond motifs is 1. The summed E-state index contributed by atoms with van der Waals surface area (Å²) in [6, 6.07) is 14.1. The molecular formula is C30H38N6O. The number of nitrogens with one attached hydrogen (secondary N) is 1. The third kappa shape index (κ3) is 4.77. The molecule has 37 heavy (non-hydrogen) atoms. The summed E-state index contributed by atoms with van der Waals surface area (Å²) in [6.45, 7) is 10.1. The van der Waals surface area contributed by atoms with Crippen molar-refractivity contribution in [2.24, 2.45) is 11.8 Å². The van der Waals surface area contributed by atoms with Gasteiger partial charge in [0, 0.05) is 62.0 Å². The van der Waals surface area contributed by atoms with Crippen molar-refractivity contribution in [1.82, 2.24) is 19.4 Å². The molecule has 3 fully saturated rings. The van der Waals surface area contributed by atoms with E-state index in [1.807, 2.05) is 15.6 Å². The summed E-state index contributed by atoms with van der Waals surface area (Å²) < 4.78 is 1.98. The van der Waals surface area contributed by atoms with Crippen molar-refractivity contribution in [3.05, 3.63) is 54.4 Å². The monoisotopic (exact) mass is 498 g/mol. The largest absolute Gasteiger partial charge is 0.366 e. The number of rotatable bonds is 6. The van der Waals surface area contributed by atoms with Crippen LogP contribution in [-0.4, -0.2) is 76.8 Å². The molecule has 6 rings (SSSR count). The Morgan fingerprint density at radius 2 is 1.73 bits per heavy atom. The van der Waals surface area contributed by atoms with Gasteiger partial charge >= 0.3 is 0 Å². The fourth-order valence-corrected chi connectivity index (χ4v) is 6.21. The number of benzene rings is 1. The number of aromatic nitrogens is 2. The molecule has 1 N–H and O–H groups in total. The lowest BCUT2D eigenvalue weighted by atomic mass is 9.88. The number of hydrogen-bond acceptors (Lipinski definition) is 5. The SMILES string of the molecule is CC(C)N1CCC(c2ccc(-c3cc4c(N5CCN(C(=O)[C@H]6C[C@@H]6C=N)CC5)ccnn4c3)cc2)CC1. The number of carbonyl (C=O) groups excluding carboxylic acids is 1. The fraction of sp³-hybridized carbons (Fsp3) is 0.500. The maximum Gasteiger partial charge on any atom is 0.226 e. The topological polar surface area (TPSA) is 67.9 Å². The first-order chi connectivity index (χ1) is 18.0. The first-order valence-electron chi connectivity index (χ1n) is 13.9. The number of carbonyl (C=O) groups is 1. The average Bonchev–Trinajstić information content (AvgIpc) is 3.61. The minimum atomic E-state index is 0.0455. The van der Waals surface area contributed by atoms with Gasteiger partial charge in [-0.1, -0.05) is 24.3 Å². The number of piperidine rings is 1. The molecule has 2 saturated heterocycles. The smallest absolute Gasteiger partial charge is 0.226 e. The molecule has 1 amide bonds. The van der Waals surface area contributed by atoms with Gasteiger partial charge in [-0.2, -0.15) is 5.10 Å². The third-order valence-corrected chi connectivity index (χ3v) is 8.76. The van der Waals surface area contributed by atoms with Crippen molar-refractivity contribution >= 4 is 23.3 Å². The number of anilines is 1. The van der Waals surface area contributed by atoms with Crippen LogP contribution in [0.1, 0.15) is 44.6 Å². The van der Waals surface area contributed by atoms with Crippen molar-refractivity contribution in [2.75, 3.05) is 44.2 Å². The Labute approximate surface area is 219 Å². The first kappa shape index (κ1) is 24.2. The van der Waals surface area contributed by atoms with E-state index in [4.69, 9.17) is 5.41 Å². The molecule has 2 aromatic heterocycles. The van der Waals surface area contributed by atoms with E-state index in [2.05, 4.69) is 71.3 Å². The maximum absolute atomic E-state index is 12.7. The predicted molar refractivity (Wildman–Crippen MR) is 148 cm³/mol. The third-order valence-electron chi connectivity index (χ3n) is 8.76. The molecule has 2 aliphatic heterocycles. The van der Waals surface area contributed by atoms with Gasteiger partial charge in [0.05, 0.1) is 11.2 Å². The second-order valence-electron chi connectivity index (χ2n) is 11.3. The predicted octanol–water partition coefficient (Wildman–Crippen LogP) is 4.52. The molecule has 7 nitrogen and oxygen atoms in total. The van der Waals surface area contributed by atoms with E-state index in [0.29, 0.717) is 12.0 Å². The van der Waals surface area contributed by atoms with Gasteiger partial charge in [-0.15, -0.1) is 0 Å². The Bertz CT molecular complexity index is 1260. The molecule has 3 aromatic rings. The number of amides is 1. The summed E-state index contributed by atoms with van der Waals surface area (Å²) in [5, 5.41) is 12.0. The van der Waals surface area contributed by atoms with Crippen LogP contribution in [0.4, 0.5) is 5.69 Å². The van der Waals surface area contributed by atoms with Crippen LogP contribution in [0.15, 0.2) is 48.8 Å². The molecule has 0 spiro atoms.